The van der Waals surface area contributed by atoms with Crippen LogP contribution in [0.3, 0.4) is 0 Å². The Hall–Kier alpha value is -1.57. The van der Waals surface area contributed by atoms with Gasteiger partial charge in [0, 0.05) is 13.6 Å². The molecular formula is C9H13F3N4O. The summed E-state index contributed by atoms with van der Waals surface area (Å²) in [5.41, 5.74) is 0. The van der Waals surface area contributed by atoms with Gasteiger partial charge in [0.05, 0.1) is 12.8 Å². The van der Waals surface area contributed by atoms with Gasteiger partial charge in [0.25, 0.3) is 6.43 Å². The van der Waals surface area contributed by atoms with Crippen molar-refractivity contribution in [2.75, 3.05) is 37.4 Å². The quantitative estimate of drug-likeness (QED) is 0.715. The van der Waals surface area contributed by atoms with Crippen LogP contribution in [0.1, 0.15) is 0 Å². The molecule has 0 saturated heterocycles. The normalized spacial score (nSPS) is 10.6. The van der Waals surface area contributed by atoms with Gasteiger partial charge < -0.3 is 15.4 Å². The number of halogens is 3. The second-order valence-corrected chi connectivity index (χ2v) is 3.03. The molecule has 1 aromatic rings. The average Bonchev–Trinajstić information content (AvgIpc) is 2.30. The molecule has 8 heteroatoms. The molecule has 2 N–H and O–H groups in total. The lowest BCUT2D eigenvalue weighted by Crippen LogP contribution is -2.15. The molecule has 0 bridgehead atoms. The topological polar surface area (TPSA) is 59.1 Å². The number of alkyl halides is 2. The highest BCUT2D eigenvalue weighted by molar-refractivity contribution is 5.40. The Morgan fingerprint density at radius 3 is 2.88 bits per heavy atom. The Morgan fingerprint density at radius 2 is 2.24 bits per heavy atom. The monoisotopic (exact) mass is 250 g/mol. The first kappa shape index (κ1) is 13.5. The third-order valence-electron chi connectivity index (χ3n) is 1.75. The van der Waals surface area contributed by atoms with Gasteiger partial charge in [-0.05, 0) is 0 Å². The van der Waals surface area contributed by atoms with Gasteiger partial charge in [-0.2, -0.15) is 4.98 Å². The Kier molecular flexibility index (Phi) is 5.47. The Bertz CT molecular complexity index is 351. The van der Waals surface area contributed by atoms with E-state index >= 15 is 0 Å². The van der Waals surface area contributed by atoms with Gasteiger partial charge in [-0.25, -0.2) is 18.2 Å². The zero-order chi connectivity index (χ0) is 12.7. The molecular weight excluding hydrogens is 237 g/mol. The summed E-state index contributed by atoms with van der Waals surface area (Å²) >= 11 is 0. The number of anilines is 2. The number of hydrogen-bond donors (Lipinski definition) is 2. The highest BCUT2D eigenvalue weighted by Gasteiger charge is 2.06. The summed E-state index contributed by atoms with van der Waals surface area (Å²) in [5, 5.41) is 5.28. The van der Waals surface area contributed by atoms with Crippen molar-refractivity contribution in [3.63, 3.8) is 0 Å². The molecule has 5 nitrogen and oxygen atoms in total. The van der Waals surface area contributed by atoms with Crippen LogP contribution in [-0.4, -0.2) is 43.2 Å². The average molecular weight is 250 g/mol. The molecule has 0 aliphatic heterocycles. The molecule has 0 amide bonds. The Labute approximate surface area is 96.4 Å². The third kappa shape index (κ3) is 4.85. The van der Waals surface area contributed by atoms with Crippen molar-refractivity contribution in [1.29, 1.82) is 0 Å². The van der Waals surface area contributed by atoms with Gasteiger partial charge >= 0.3 is 0 Å². The van der Waals surface area contributed by atoms with Crippen molar-refractivity contribution in [2.24, 2.45) is 0 Å². The van der Waals surface area contributed by atoms with Crippen LogP contribution in [-0.2, 0) is 4.74 Å². The molecule has 0 unspecified atom stereocenters. The fraction of sp³-hybridized carbons (Fsp3) is 0.556. The molecule has 0 radical (unpaired) electrons. The van der Waals surface area contributed by atoms with Crippen molar-refractivity contribution in [3.05, 3.63) is 12.0 Å². The molecule has 0 spiro atoms. The van der Waals surface area contributed by atoms with Crippen LogP contribution in [0.25, 0.3) is 0 Å². The number of nitrogens with one attached hydrogen (secondary N) is 2. The van der Waals surface area contributed by atoms with Crippen LogP contribution < -0.4 is 10.6 Å². The lowest BCUT2D eigenvalue weighted by Gasteiger charge is -2.08. The third-order valence-corrected chi connectivity index (χ3v) is 1.75. The molecule has 0 fully saturated rings. The van der Waals surface area contributed by atoms with Crippen LogP contribution in [0.2, 0.25) is 0 Å². The Balaban J connectivity index is 2.35. The van der Waals surface area contributed by atoms with Crippen molar-refractivity contribution in [3.8, 4) is 0 Å². The maximum atomic E-state index is 13.2. The van der Waals surface area contributed by atoms with Crippen LogP contribution in [0.4, 0.5) is 24.9 Å². The first-order valence-electron chi connectivity index (χ1n) is 4.93. The highest BCUT2D eigenvalue weighted by atomic mass is 19.3. The predicted molar refractivity (Wildman–Crippen MR) is 56.8 cm³/mol. The lowest BCUT2D eigenvalue weighted by atomic mass is 10.5. The van der Waals surface area contributed by atoms with E-state index < -0.39 is 18.8 Å². The minimum absolute atomic E-state index is 0.00463. The molecule has 0 atom stereocenters. The van der Waals surface area contributed by atoms with E-state index in [4.69, 9.17) is 0 Å². The molecule has 96 valence electrons. The van der Waals surface area contributed by atoms with E-state index in [9.17, 15) is 13.2 Å². The fourth-order valence-corrected chi connectivity index (χ4v) is 1.03. The SMILES string of the molecule is CNc1ncc(F)c(NCCOCC(F)F)n1. The molecule has 1 aromatic heterocycles. The molecule has 0 aliphatic rings. The summed E-state index contributed by atoms with van der Waals surface area (Å²) in [6.45, 7) is -0.401. The maximum absolute atomic E-state index is 13.2. The van der Waals surface area contributed by atoms with Crippen molar-refractivity contribution in [2.45, 2.75) is 6.43 Å². The van der Waals surface area contributed by atoms with E-state index in [-0.39, 0.29) is 24.9 Å². The summed E-state index contributed by atoms with van der Waals surface area (Å²) in [5.74, 6) is -0.342. The number of rotatable bonds is 7. The number of ether oxygens (including phenoxy) is 1. The van der Waals surface area contributed by atoms with Crippen LogP contribution >= 0.6 is 0 Å². The summed E-state index contributed by atoms with van der Waals surface area (Å²) in [7, 11) is 1.60. The van der Waals surface area contributed by atoms with Gasteiger partial charge in [-0.3, -0.25) is 0 Å². The largest absolute Gasteiger partial charge is 0.374 e. The maximum Gasteiger partial charge on any atom is 0.261 e. The zero-order valence-corrected chi connectivity index (χ0v) is 9.21. The number of hydrogen-bond acceptors (Lipinski definition) is 5. The van der Waals surface area contributed by atoms with Crippen LogP contribution in [0, 0.1) is 5.82 Å². The van der Waals surface area contributed by atoms with Crippen LogP contribution in [0.15, 0.2) is 6.20 Å². The second kappa shape index (κ2) is 6.89. The minimum Gasteiger partial charge on any atom is -0.374 e. The zero-order valence-electron chi connectivity index (χ0n) is 9.21. The lowest BCUT2D eigenvalue weighted by molar-refractivity contribution is 0.0214. The van der Waals surface area contributed by atoms with E-state index in [1.54, 1.807) is 7.05 Å². The van der Waals surface area contributed by atoms with E-state index in [2.05, 4.69) is 25.3 Å². The van der Waals surface area contributed by atoms with E-state index in [0.717, 1.165) is 6.20 Å². The number of aromatic nitrogens is 2. The molecule has 17 heavy (non-hydrogen) atoms. The van der Waals surface area contributed by atoms with E-state index in [1.165, 1.54) is 0 Å². The summed E-state index contributed by atoms with van der Waals surface area (Å²) in [6.07, 6.45) is -1.48. The van der Waals surface area contributed by atoms with Crippen molar-refractivity contribution < 1.29 is 17.9 Å². The van der Waals surface area contributed by atoms with E-state index in [0.29, 0.717) is 0 Å². The fourth-order valence-electron chi connectivity index (χ4n) is 1.03. The minimum atomic E-state index is -2.50. The highest BCUT2D eigenvalue weighted by Crippen LogP contribution is 2.10. The summed E-state index contributed by atoms with van der Waals surface area (Å²) < 4.78 is 41.2. The van der Waals surface area contributed by atoms with Gasteiger partial charge in [0.1, 0.15) is 6.61 Å². The molecule has 1 heterocycles. The molecule has 1 rings (SSSR count). The second-order valence-electron chi connectivity index (χ2n) is 3.03. The Morgan fingerprint density at radius 1 is 1.47 bits per heavy atom. The van der Waals surface area contributed by atoms with Crippen molar-refractivity contribution >= 4 is 11.8 Å². The van der Waals surface area contributed by atoms with Gasteiger partial charge in [-0.15, -0.1) is 0 Å². The van der Waals surface area contributed by atoms with Gasteiger partial charge in [0.2, 0.25) is 5.95 Å². The molecule has 0 aliphatic carbocycles. The van der Waals surface area contributed by atoms with E-state index in [1.807, 2.05) is 0 Å². The first-order chi connectivity index (χ1) is 8.13. The van der Waals surface area contributed by atoms with Crippen LogP contribution in [0.5, 0.6) is 0 Å². The predicted octanol–water partition coefficient (Wildman–Crippen LogP) is 1.35. The number of nitrogens with zero attached hydrogens (tertiary/aromatic N) is 2. The van der Waals surface area contributed by atoms with Gasteiger partial charge in [0.15, 0.2) is 11.6 Å². The van der Waals surface area contributed by atoms with Crippen molar-refractivity contribution in [1.82, 2.24) is 9.97 Å². The molecule has 0 saturated carbocycles. The van der Waals surface area contributed by atoms with Gasteiger partial charge in [-0.1, -0.05) is 0 Å². The molecule has 0 aromatic carbocycles. The summed E-state index contributed by atoms with van der Waals surface area (Å²) in [4.78, 5) is 7.47. The standard InChI is InChI=1S/C9H13F3N4O/c1-13-9-15-4-6(10)8(16-9)14-2-3-17-5-7(11)12/h4,7H,2-3,5H2,1H3,(H2,13,14,15,16). The summed E-state index contributed by atoms with van der Waals surface area (Å²) in [6, 6.07) is 0. The smallest absolute Gasteiger partial charge is 0.261 e. The first-order valence-corrected chi connectivity index (χ1v) is 4.93.